The lowest BCUT2D eigenvalue weighted by molar-refractivity contribution is 0.643. The molecule has 0 amide bonds. The molecule has 0 saturated carbocycles. The quantitative estimate of drug-likeness (QED) is 0.704. The fraction of sp³-hybridized carbons (Fsp3) is 0.333. The van der Waals surface area contributed by atoms with Gasteiger partial charge in [0.2, 0.25) is 0 Å². The zero-order valence-electron chi connectivity index (χ0n) is 8.60. The number of nitrogens with one attached hydrogen (secondary N) is 1. The Balaban J connectivity index is 2.46. The highest BCUT2D eigenvalue weighted by Crippen LogP contribution is 2.38. The molecule has 15 heavy (non-hydrogen) atoms. The minimum absolute atomic E-state index is 0.173. The summed E-state index contributed by atoms with van der Waals surface area (Å²) in [5.41, 5.74) is 10.9. The highest BCUT2D eigenvalue weighted by atomic mass is 35.5. The third-order valence-corrected chi connectivity index (χ3v) is 3.78. The minimum atomic E-state index is 0.173. The molecule has 0 bridgehead atoms. The van der Waals surface area contributed by atoms with Crippen molar-refractivity contribution in [1.29, 1.82) is 0 Å². The molecule has 78 valence electrons. The summed E-state index contributed by atoms with van der Waals surface area (Å²) in [6.45, 7) is 2.04. The number of aryl methyl sites for hydroxylation is 2. The second-order valence-corrected chi connectivity index (χ2v) is 4.69. The SMILES string of the molecule is Cc1c(Cl)cc2c3c(c[nH]c13)C(N)CC2. The molecule has 0 spiro atoms. The lowest BCUT2D eigenvalue weighted by Gasteiger charge is -2.19. The van der Waals surface area contributed by atoms with Gasteiger partial charge >= 0.3 is 0 Å². The monoisotopic (exact) mass is 220 g/mol. The maximum atomic E-state index is 6.19. The number of rotatable bonds is 0. The van der Waals surface area contributed by atoms with E-state index in [1.807, 2.05) is 13.1 Å². The zero-order valence-corrected chi connectivity index (χ0v) is 9.36. The van der Waals surface area contributed by atoms with Gasteiger partial charge in [0, 0.05) is 22.6 Å². The molecule has 0 fully saturated rings. The van der Waals surface area contributed by atoms with Crippen molar-refractivity contribution in [2.45, 2.75) is 25.8 Å². The minimum Gasteiger partial charge on any atom is -0.361 e. The summed E-state index contributed by atoms with van der Waals surface area (Å²) >= 11 is 6.19. The lowest BCUT2D eigenvalue weighted by Crippen LogP contribution is -2.14. The number of halogens is 1. The van der Waals surface area contributed by atoms with Gasteiger partial charge in [0.15, 0.2) is 0 Å². The van der Waals surface area contributed by atoms with Crippen LogP contribution >= 0.6 is 11.6 Å². The molecular weight excluding hydrogens is 208 g/mol. The third kappa shape index (κ3) is 1.15. The number of hydrogen-bond donors (Lipinski definition) is 2. The number of nitrogens with two attached hydrogens (primary N) is 1. The van der Waals surface area contributed by atoms with Crippen LogP contribution < -0.4 is 5.73 Å². The van der Waals surface area contributed by atoms with Crippen molar-refractivity contribution in [3.8, 4) is 0 Å². The second kappa shape index (κ2) is 3.00. The standard InChI is InChI=1S/C12H13ClN2/c1-6-9(13)4-7-2-3-10(14)8-5-15-12(6)11(7)8/h4-5,10,15H,2-3,14H2,1H3. The maximum absolute atomic E-state index is 6.19. The Hall–Kier alpha value is -0.990. The molecule has 1 aliphatic carbocycles. The van der Waals surface area contributed by atoms with Gasteiger partial charge in [0.1, 0.15) is 0 Å². The van der Waals surface area contributed by atoms with Gasteiger partial charge in [0.25, 0.3) is 0 Å². The van der Waals surface area contributed by atoms with Crippen LogP contribution in [0, 0.1) is 6.92 Å². The molecule has 0 saturated heterocycles. The molecule has 3 heteroatoms. The Morgan fingerprint density at radius 1 is 1.53 bits per heavy atom. The molecule has 3 rings (SSSR count). The molecule has 3 N–H and O–H groups in total. The average molecular weight is 221 g/mol. The summed E-state index contributed by atoms with van der Waals surface area (Å²) in [7, 11) is 0. The van der Waals surface area contributed by atoms with E-state index < -0.39 is 0 Å². The number of aromatic nitrogens is 1. The maximum Gasteiger partial charge on any atom is 0.0504 e. The van der Waals surface area contributed by atoms with E-state index in [-0.39, 0.29) is 6.04 Å². The molecule has 2 nitrogen and oxygen atoms in total. The van der Waals surface area contributed by atoms with Gasteiger partial charge in [-0.05, 0) is 42.5 Å². The fourth-order valence-electron chi connectivity index (χ4n) is 2.49. The predicted molar refractivity (Wildman–Crippen MR) is 63.3 cm³/mol. The Morgan fingerprint density at radius 3 is 3.13 bits per heavy atom. The van der Waals surface area contributed by atoms with Gasteiger partial charge in [-0.2, -0.15) is 0 Å². The van der Waals surface area contributed by atoms with Crippen molar-refractivity contribution >= 4 is 22.5 Å². The number of hydrogen-bond acceptors (Lipinski definition) is 1. The predicted octanol–water partition coefficient (Wildman–Crippen LogP) is 3.08. The van der Waals surface area contributed by atoms with Crippen molar-refractivity contribution in [2.24, 2.45) is 5.73 Å². The topological polar surface area (TPSA) is 41.8 Å². The molecule has 1 heterocycles. The first-order valence-corrected chi connectivity index (χ1v) is 5.61. The molecular formula is C12H13ClN2. The van der Waals surface area contributed by atoms with E-state index in [2.05, 4.69) is 11.1 Å². The smallest absolute Gasteiger partial charge is 0.0504 e. The summed E-state index contributed by atoms with van der Waals surface area (Å²) < 4.78 is 0. The fourth-order valence-corrected chi connectivity index (χ4v) is 2.72. The Labute approximate surface area is 93.4 Å². The van der Waals surface area contributed by atoms with Crippen molar-refractivity contribution < 1.29 is 0 Å². The Morgan fingerprint density at radius 2 is 2.33 bits per heavy atom. The largest absolute Gasteiger partial charge is 0.361 e. The van der Waals surface area contributed by atoms with Gasteiger partial charge in [-0.3, -0.25) is 0 Å². The van der Waals surface area contributed by atoms with Crippen LogP contribution in [0.25, 0.3) is 10.9 Å². The molecule has 1 aromatic carbocycles. The van der Waals surface area contributed by atoms with Crippen LogP contribution in [0.1, 0.15) is 29.2 Å². The van der Waals surface area contributed by atoms with E-state index in [1.165, 1.54) is 16.5 Å². The zero-order chi connectivity index (χ0) is 10.6. The summed E-state index contributed by atoms with van der Waals surface area (Å²) in [4.78, 5) is 3.30. The summed E-state index contributed by atoms with van der Waals surface area (Å²) in [5, 5.41) is 2.15. The van der Waals surface area contributed by atoms with Crippen molar-refractivity contribution in [2.75, 3.05) is 0 Å². The highest BCUT2D eigenvalue weighted by molar-refractivity contribution is 6.32. The first-order valence-electron chi connectivity index (χ1n) is 5.23. The second-order valence-electron chi connectivity index (χ2n) is 4.28. The van der Waals surface area contributed by atoms with E-state index in [9.17, 15) is 0 Å². The van der Waals surface area contributed by atoms with E-state index in [0.29, 0.717) is 0 Å². The molecule has 1 atom stereocenters. The average Bonchev–Trinajstić information content (AvgIpc) is 2.65. The van der Waals surface area contributed by atoms with Crippen LogP contribution in [-0.2, 0) is 6.42 Å². The normalized spacial score (nSPS) is 19.8. The Kier molecular flexibility index (Phi) is 1.85. The van der Waals surface area contributed by atoms with Crippen LogP contribution in [0.5, 0.6) is 0 Å². The van der Waals surface area contributed by atoms with Gasteiger partial charge in [-0.15, -0.1) is 0 Å². The first kappa shape index (κ1) is 9.25. The van der Waals surface area contributed by atoms with Crippen molar-refractivity contribution in [3.05, 3.63) is 34.0 Å². The van der Waals surface area contributed by atoms with E-state index in [4.69, 9.17) is 17.3 Å². The molecule has 1 aromatic heterocycles. The third-order valence-electron chi connectivity index (χ3n) is 3.39. The van der Waals surface area contributed by atoms with E-state index in [0.717, 1.165) is 28.9 Å². The van der Waals surface area contributed by atoms with Gasteiger partial charge < -0.3 is 10.7 Å². The lowest BCUT2D eigenvalue weighted by atomic mass is 9.89. The van der Waals surface area contributed by atoms with Crippen LogP contribution in [0.2, 0.25) is 5.02 Å². The number of aromatic amines is 1. The van der Waals surface area contributed by atoms with E-state index >= 15 is 0 Å². The van der Waals surface area contributed by atoms with Crippen LogP contribution in [0.4, 0.5) is 0 Å². The van der Waals surface area contributed by atoms with Crippen molar-refractivity contribution in [3.63, 3.8) is 0 Å². The van der Waals surface area contributed by atoms with Crippen LogP contribution in [0.15, 0.2) is 12.3 Å². The summed E-state index contributed by atoms with van der Waals surface area (Å²) in [6.07, 6.45) is 4.07. The summed E-state index contributed by atoms with van der Waals surface area (Å²) in [6, 6.07) is 2.26. The van der Waals surface area contributed by atoms with Gasteiger partial charge in [-0.25, -0.2) is 0 Å². The number of benzene rings is 1. The van der Waals surface area contributed by atoms with Crippen molar-refractivity contribution in [1.82, 2.24) is 4.98 Å². The molecule has 0 radical (unpaired) electrons. The van der Waals surface area contributed by atoms with Gasteiger partial charge in [0.05, 0.1) is 5.52 Å². The molecule has 1 aliphatic rings. The molecule has 2 aromatic rings. The molecule has 1 unspecified atom stereocenters. The highest BCUT2D eigenvalue weighted by Gasteiger charge is 2.21. The molecule has 0 aliphatic heterocycles. The number of H-pyrrole nitrogens is 1. The van der Waals surface area contributed by atoms with Gasteiger partial charge in [-0.1, -0.05) is 11.6 Å². The first-order chi connectivity index (χ1) is 7.18. The van der Waals surface area contributed by atoms with E-state index in [1.54, 1.807) is 0 Å². The Bertz CT molecular complexity index is 542. The van der Waals surface area contributed by atoms with Crippen LogP contribution in [-0.4, -0.2) is 4.98 Å². The van der Waals surface area contributed by atoms with Crippen LogP contribution in [0.3, 0.4) is 0 Å². The summed E-state index contributed by atoms with van der Waals surface area (Å²) in [5.74, 6) is 0.